The summed E-state index contributed by atoms with van der Waals surface area (Å²) >= 11 is 0. The van der Waals surface area contributed by atoms with Crippen LogP contribution in [0.3, 0.4) is 0 Å². The molecule has 0 aliphatic heterocycles. The molecule has 20 heavy (non-hydrogen) atoms. The van der Waals surface area contributed by atoms with Gasteiger partial charge in [-0.05, 0) is 55.9 Å². The van der Waals surface area contributed by atoms with E-state index in [0.717, 1.165) is 36.0 Å². The first-order chi connectivity index (χ1) is 9.76. The lowest BCUT2D eigenvalue weighted by molar-refractivity contribution is 0.309. The topological polar surface area (TPSA) is 48.2 Å². The Morgan fingerprint density at radius 3 is 2.40 bits per heavy atom. The molecule has 0 radical (unpaired) electrons. The highest BCUT2D eigenvalue weighted by Gasteiger charge is 2.24. The maximum Gasteiger partial charge on any atom is 0.247 e. The summed E-state index contributed by atoms with van der Waals surface area (Å²) in [4.78, 5) is 0. The van der Waals surface area contributed by atoms with E-state index in [4.69, 9.17) is 9.15 Å². The number of benzene rings is 1. The number of nitrogens with zero attached hydrogens (tertiary/aromatic N) is 2. The maximum absolute atomic E-state index is 5.85. The fourth-order valence-corrected chi connectivity index (χ4v) is 2.76. The van der Waals surface area contributed by atoms with Gasteiger partial charge in [-0.3, -0.25) is 0 Å². The van der Waals surface area contributed by atoms with Crippen molar-refractivity contribution < 1.29 is 9.15 Å². The third-order valence-electron chi connectivity index (χ3n) is 4.14. The van der Waals surface area contributed by atoms with E-state index in [1.54, 1.807) is 7.11 Å². The van der Waals surface area contributed by atoms with Crippen molar-refractivity contribution in [1.29, 1.82) is 0 Å². The van der Waals surface area contributed by atoms with Crippen molar-refractivity contribution in [3.8, 4) is 17.2 Å². The van der Waals surface area contributed by atoms with Crippen molar-refractivity contribution in [1.82, 2.24) is 10.2 Å². The fraction of sp³-hybridized carbons (Fsp3) is 0.500. The summed E-state index contributed by atoms with van der Waals surface area (Å²) in [5.41, 5.74) is 0.939. The van der Waals surface area contributed by atoms with E-state index in [-0.39, 0.29) is 0 Å². The van der Waals surface area contributed by atoms with Crippen LogP contribution in [0.15, 0.2) is 28.7 Å². The Balaban J connectivity index is 1.75. The third-order valence-corrected chi connectivity index (χ3v) is 4.14. The van der Waals surface area contributed by atoms with Gasteiger partial charge in [-0.2, -0.15) is 0 Å². The summed E-state index contributed by atoms with van der Waals surface area (Å²) in [6.07, 6.45) is 4.83. The minimum atomic E-state index is 0.436. The highest BCUT2D eigenvalue weighted by molar-refractivity contribution is 5.53. The average molecular weight is 272 g/mol. The Morgan fingerprint density at radius 2 is 1.75 bits per heavy atom. The van der Waals surface area contributed by atoms with Crippen molar-refractivity contribution >= 4 is 0 Å². The molecule has 1 saturated carbocycles. The third kappa shape index (κ3) is 2.69. The molecule has 2 aromatic rings. The van der Waals surface area contributed by atoms with E-state index in [0.29, 0.717) is 11.8 Å². The molecule has 0 bridgehead atoms. The summed E-state index contributed by atoms with van der Waals surface area (Å²) in [6, 6.07) is 7.70. The van der Waals surface area contributed by atoms with Crippen LogP contribution in [0.25, 0.3) is 11.5 Å². The number of rotatable bonds is 3. The molecule has 1 aromatic carbocycles. The zero-order valence-corrected chi connectivity index (χ0v) is 12.0. The molecule has 0 atom stereocenters. The van der Waals surface area contributed by atoms with Crippen LogP contribution in [-0.4, -0.2) is 17.3 Å². The first-order valence-corrected chi connectivity index (χ1v) is 7.24. The monoisotopic (exact) mass is 272 g/mol. The summed E-state index contributed by atoms with van der Waals surface area (Å²) in [6.45, 7) is 2.31. The number of ether oxygens (including phenoxy) is 1. The van der Waals surface area contributed by atoms with Gasteiger partial charge in [0, 0.05) is 11.5 Å². The normalized spacial score (nSPS) is 22.7. The van der Waals surface area contributed by atoms with E-state index < -0.39 is 0 Å². The van der Waals surface area contributed by atoms with E-state index in [9.17, 15) is 0 Å². The van der Waals surface area contributed by atoms with E-state index in [2.05, 4.69) is 17.1 Å². The predicted molar refractivity (Wildman–Crippen MR) is 76.7 cm³/mol. The van der Waals surface area contributed by atoms with Crippen molar-refractivity contribution in [3.05, 3.63) is 30.2 Å². The molecule has 0 amide bonds. The fourth-order valence-electron chi connectivity index (χ4n) is 2.76. The van der Waals surface area contributed by atoms with Crippen LogP contribution in [0, 0.1) is 5.92 Å². The molecule has 1 aliphatic rings. The maximum atomic E-state index is 5.85. The average Bonchev–Trinajstić information content (AvgIpc) is 2.98. The first kappa shape index (κ1) is 13.2. The Hall–Kier alpha value is -1.84. The van der Waals surface area contributed by atoms with Gasteiger partial charge in [-0.15, -0.1) is 10.2 Å². The van der Waals surface area contributed by atoms with Crippen molar-refractivity contribution in [3.63, 3.8) is 0 Å². The first-order valence-electron chi connectivity index (χ1n) is 7.24. The number of aromatic nitrogens is 2. The highest BCUT2D eigenvalue weighted by Crippen LogP contribution is 2.35. The summed E-state index contributed by atoms with van der Waals surface area (Å²) in [7, 11) is 1.66. The molecule has 4 heteroatoms. The zero-order chi connectivity index (χ0) is 13.9. The smallest absolute Gasteiger partial charge is 0.247 e. The van der Waals surface area contributed by atoms with Gasteiger partial charge in [-0.1, -0.05) is 6.92 Å². The largest absolute Gasteiger partial charge is 0.497 e. The Kier molecular flexibility index (Phi) is 3.72. The molecular weight excluding hydrogens is 252 g/mol. The minimum absolute atomic E-state index is 0.436. The molecule has 4 nitrogen and oxygen atoms in total. The van der Waals surface area contributed by atoms with Gasteiger partial charge < -0.3 is 9.15 Å². The number of hydrogen-bond donors (Lipinski definition) is 0. The van der Waals surface area contributed by atoms with E-state index >= 15 is 0 Å². The van der Waals surface area contributed by atoms with Crippen LogP contribution in [0.4, 0.5) is 0 Å². The van der Waals surface area contributed by atoms with Crippen molar-refractivity contribution in [2.45, 2.75) is 38.5 Å². The van der Waals surface area contributed by atoms with Gasteiger partial charge in [0.1, 0.15) is 5.75 Å². The molecule has 1 aromatic heterocycles. The molecule has 106 valence electrons. The zero-order valence-electron chi connectivity index (χ0n) is 12.0. The molecule has 1 fully saturated rings. The Bertz CT molecular complexity index is 554. The Morgan fingerprint density at radius 1 is 1.05 bits per heavy atom. The molecule has 0 saturated heterocycles. The molecule has 1 heterocycles. The number of methoxy groups -OCH3 is 1. The van der Waals surface area contributed by atoms with Crippen LogP contribution in [0.5, 0.6) is 5.75 Å². The number of hydrogen-bond acceptors (Lipinski definition) is 4. The van der Waals surface area contributed by atoms with Gasteiger partial charge in [-0.25, -0.2) is 0 Å². The second kappa shape index (κ2) is 5.65. The van der Waals surface area contributed by atoms with Crippen LogP contribution in [0.2, 0.25) is 0 Å². The lowest BCUT2D eigenvalue weighted by Crippen LogP contribution is -2.10. The molecule has 1 aliphatic carbocycles. The Labute approximate surface area is 119 Å². The van der Waals surface area contributed by atoms with E-state index in [1.165, 1.54) is 12.8 Å². The second-order valence-corrected chi connectivity index (χ2v) is 5.63. The van der Waals surface area contributed by atoms with Crippen LogP contribution in [-0.2, 0) is 0 Å². The molecule has 0 unspecified atom stereocenters. The van der Waals surface area contributed by atoms with Crippen molar-refractivity contribution in [2.75, 3.05) is 7.11 Å². The van der Waals surface area contributed by atoms with Crippen molar-refractivity contribution in [2.24, 2.45) is 5.92 Å². The van der Waals surface area contributed by atoms with Gasteiger partial charge in [0.15, 0.2) is 0 Å². The van der Waals surface area contributed by atoms with Gasteiger partial charge >= 0.3 is 0 Å². The standard InChI is InChI=1S/C16H20N2O2/c1-11-3-5-12(6-4-11)15-17-18-16(20-15)13-7-9-14(19-2)10-8-13/h7-12H,3-6H2,1-2H3. The van der Waals surface area contributed by atoms with Gasteiger partial charge in [0.05, 0.1) is 7.11 Å². The van der Waals surface area contributed by atoms with Gasteiger partial charge in [0.25, 0.3) is 0 Å². The predicted octanol–water partition coefficient (Wildman–Crippen LogP) is 4.04. The summed E-state index contributed by atoms with van der Waals surface area (Å²) in [5.74, 6) is 3.49. The molecule has 0 spiro atoms. The second-order valence-electron chi connectivity index (χ2n) is 5.63. The summed E-state index contributed by atoms with van der Waals surface area (Å²) < 4.78 is 11.0. The molecule has 3 rings (SSSR count). The van der Waals surface area contributed by atoms with Crippen LogP contribution >= 0.6 is 0 Å². The van der Waals surface area contributed by atoms with Crippen LogP contribution in [0.1, 0.15) is 44.4 Å². The van der Waals surface area contributed by atoms with Crippen LogP contribution < -0.4 is 4.74 Å². The summed E-state index contributed by atoms with van der Waals surface area (Å²) in [5, 5.41) is 8.41. The minimum Gasteiger partial charge on any atom is -0.497 e. The SMILES string of the molecule is COc1ccc(-c2nnc(C3CCC(C)CC3)o2)cc1. The quantitative estimate of drug-likeness (QED) is 0.846. The highest BCUT2D eigenvalue weighted by atomic mass is 16.5. The lowest BCUT2D eigenvalue weighted by atomic mass is 9.83. The molecular formula is C16H20N2O2. The van der Waals surface area contributed by atoms with E-state index in [1.807, 2.05) is 24.3 Å². The van der Waals surface area contributed by atoms with Gasteiger partial charge in [0.2, 0.25) is 11.8 Å². The lowest BCUT2D eigenvalue weighted by Gasteiger charge is -2.23. The molecule has 0 N–H and O–H groups in total.